The van der Waals surface area contributed by atoms with Crippen LogP contribution in [0.25, 0.3) is 11.1 Å². The van der Waals surface area contributed by atoms with E-state index in [1.54, 1.807) is 0 Å². The van der Waals surface area contributed by atoms with Crippen molar-refractivity contribution in [3.63, 3.8) is 0 Å². The molecule has 242 valence electrons. The number of aryl methyl sites for hydroxylation is 2. The number of nitrogens with zero attached hydrogens (tertiary/aromatic N) is 2. The third-order valence-electron chi connectivity index (χ3n) is 8.07. The molecule has 49 heavy (non-hydrogen) atoms. The number of para-hydroxylation sites is 1. The summed E-state index contributed by atoms with van der Waals surface area (Å²) in [5, 5.41) is 0. The maximum atomic E-state index is 11.0. The summed E-state index contributed by atoms with van der Waals surface area (Å²) < 4.78 is 16.7. The number of benzene rings is 6. The fourth-order valence-corrected chi connectivity index (χ4v) is 6.29. The first-order valence-electron chi connectivity index (χ1n) is 16.0. The fraction of sp³-hybridized carbons (Fsp3) is 0.122. The molecule has 0 spiro atoms. The third kappa shape index (κ3) is 9.52. The molecule has 0 saturated heterocycles. The van der Waals surface area contributed by atoms with Crippen molar-refractivity contribution in [1.29, 1.82) is 0 Å². The molecule has 0 heterocycles. The van der Waals surface area contributed by atoms with Gasteiger partial charge >= 0.3 is 29.6 Å². The van der Waals surface area contributed by atoms with Gasteiger partial charge in [-0.15, -0.1) is 0 Å². The molecule has 0 fully saturated rings. The van der Waals surface area contributed by atoms with Gasteiger partial charge in [-0.25, -0.2) is 0 Å². The van der Waals surface area contributed by atoms with E-state index in [1.807, 2.05) is 30.3 Å². The van der Waals surface area contributed by atoms with Crippen molar-refractivity contribution in [1.82, 2.24) is 0 Å². The number of rotatable bonds is 12. The molecule has 6 nitrogen and oxygen atoms in total. The van der Waals surface area contributed by atoms with Crippen molar-refractivity contribution in [3.8, 4) is 16.9 Å². The molecular weight excluding hydrogens is 638 g/mol. The second-order valence-electron chi connectivity index (χ2n) is 11.8. The van der Waals surface area contributed by atoms with Crippen LogP contribution in [0.3, 0.4) is 0 Å². The van der Waals surface area contributed by atoms with Crippen molar-refractivity contribution in [2.45, 2.75) is 20.3 Å². The van der Waals surface area contributed by atoms with Crippen molar-refractivity contribution in [3.05, 3.63) is 163 Å². The molecule has 6 rings (SSSR count). The standard InChI is InChI=1S/C41H39N2O4P.Na/c1-31-9-6-13-39(29-31)42(35-11-4-3-5-12-35)36-19-15-33(16-20-36)34-17-21-37(22-18-34)43(40-14-7-10-32(2)30-40)38-23-25-41(26-24-38)47-27-8-28-48(44,45)46;/h3-7,9-26,29-30H,8,27-28H2,1-2H3,(H2,44,45,46);/q;+1/p-1. The first-order valence-corrected chi connectivity index (χ1v) is 17.7. The zero-order valence-electron chi connectivity index (χ0n) is 28.1. The van der Waals surface area contributed by atoms with Crippen LogP contribution in [0.5, 0.6) is 5.75 Å². The molecule has 6 aromatic rings. The smallest absolute Gasteiger partial charge is 0.779 e. The molecule has 0 aromatic heterocycles. The predicted octanol–water partition coefficient (Wildman–Crippen LogP) is 7.23. The van der Waals surface area contributed by atoms with E-state index in [2.05, 4.69) is 145 Å². The van der Waals surface area contributed by atoms with E-state index in [-0.39, 0.29) is 48.7 Å². The topological polar surface area (TPSA) is 76.1 Å². The molecule has 0 radical (unpaired) electrons. The van der Waals surface area contributed by atoms with Gasteiger partial charge in [0.2, 0.25) is 0 Å². The van der Waals surface area contributed by atoms with Gasteiger partial charge in [0, 0.05) is 40.3 Å². The number of anilines is 6. The van der Waals surface area contributed by atoms with E-state index in [4.69, 9.17) is 9.63 Å². The van der Waals surface area contributed by atoms with E-state index < -0.39 is 7.60 Å². The molecule has 0 amide bonds. The van der Waals surface area contributed by atoms with Crippen LogP contribution in [0, 0.1) is 13.8 Å². The first kappa shape index (κ1) is 36.2. The van der Waals surface area contributed by atoms with Crippen LogP contribution in [0.15, 0.2) is 152 Å². The Morgan fingerprint density at radius 1 is 0.571 bits per heavy atom. The Bertz CT molecular complexity index is 2000. The van der Waals surface area contributed by atoms with Crippen molar-refractivity contribution in [2.75, 3.05) is 22.6 Å². The Hall–Kier alpha value is -4.13. The molecule has 0 aliphatic carbocycles. The largest absolute Gasteiger partial charge is 1.00 e. The molecular formula is C41H38N2NaO4P. The predicted molar refractivity (Wildman–Crippen MR) is 196 cm³/mol. The molecule has 1 unspecified atom stereocenters. The summed E-state index contributed by atoms with van der Waals surface area (Å²) in [6.45, 7) is 4.40. The molecule has 6 aromatic carbocycles. The Morgan fingerprint density at radius 2 is 0.980 bits per heavy atom. The van der Waals surface area contributed by atoms with Gasteiger partial charge in [0.1, 0.15) is 13.3 Å². The average Bonchev–Trinajstić information content (AvgIpc) is 3.09. The fourth-order valence-electron chi connectivity index (χ4n) is 5.76. The summed E-state index contributed by atoms with van der Waals surface area (Å²) in [7, 11) is -4.27. The summed E-state index contributed by atoms with van der Waals surface area (Å²) in [6.07, 6.45) is -0.0760. The number of hydrogen-bond donors (Lipinski definition) is 1. The van der Waals surface area contributed by atoms with Gasteiger partial charge in [-0.05, 0) is 127 Å². The van der Waals surface area contributed by atoms with Crippen LogP contribution in [-0.2, 0) is 4.57 Å². The summed E-state index contributed by atoms with van der Waals surface area (Å²) in [4.78, 5) is 24.5. The minimum absolute atomic E-state index is 0. The van der Waals surface area contributed by atoms with Gasteiger partial charge in [-0.1, -0.05) is 66.7 Å². The maximum Gasteiger partial charge on any atom is 1.00 e. The number of ether oxygens (including phenoxy) is 1. The maximum absolute atomic E-state index is 11.0. The molecule has 0 bridgehead atoms. The third-order valence-corrected chi connectivity index (χ3v) is 8.95. The van der Waals surface area contributed by atoms with Crippen LogP contribution in [0.1, 0.15) is 17.5 Å². The molecule has 0 aliphatic heterocycles. The van der Waals surface area contributed by atoms with Crippen LogP contribution in [-0.4, -0.2) is 17.7 Å². The molecule has 0 aliphatic rings. The normalized spacial score (nSPS) is 12.0. The van der Waals surface area contributed by atoms with Gasteiger partial charge < -0.3 is 28.9 Å². The average molecular weight is 677 g/mol. The monoisotopic (exact) mass is 676 g/mol. The zero-order chi connectivity index (χ0) is 33.5. The van der Waals surface area contributed by atoms with E-state index in [9.17, 15) is 9.46 Å². The van der Waals surface area contributed by atoms with Gasteiger partial charge in [-0.2, -0.15) is 0 Å². The van der Waals surface area contributed by atoms with E-state index in [1.165, 1.54) is 5.56 Å². The van der Waals surface area contributed by atoms with Gasteiger partial charge in [0.15, 0.2) is 0 Å². The first-order chi connectivity index (χ1) is 23.2. The summed E-state index contributed by atoms with van der Waals surface area (Å²) in [5.74, 6) is 0.633. The molecule has 8 heteroatoms. The zero-order valence-corrected chi connectivity index (χ0v) is 31.0. The molecule has 1 atom stereocenters. The summed E-state index contributed by atoms with van der Waals surface area (Å²) in [5.41, 5.74) is 10.9. The van der Waals surface area contributed by atoms with Gasteiger partial charge in [0.05, 0.1) is 6.61 Å². The van der Waals surface area contributed by atoms with Crippen molar-refractivity contribution >= 4 is 41.7 Å². The van der Waals surface area contributed by atoms with Gasteiger partial charge in [0.25, 0.3) is 0 Å². The minimum atomic E-state index is -4.27. The Labute approximate surface area is 311 Å². The van der Waals surface area contributed by atoms with Crippen LogP contribution in [0.2, 0.25) is 0 Å². The number of hydrogen-bond acceptors (Lipinski definition) is 5. The Morgan fingerprint density at radius 3 is 1.41 bits per heavy atom. The molecule has 1 N–H and O–H groups in total. The second kappa shape index (κ2) is 16.5. The molecule has 0 saturated carbocycles. The summed E-state index contributed by atoms with van der Waals surface area (Å²) >= 11 is 0. The van der Waals surface area contributed by atoms with Gasteiger partial charge in [-0.3, -0.25) is 0 Å². The Balaban J connectivity index is 0.00000468. The van der Waals surface area contributed by atoms with E-state index in [0.717, 1.165) is 50.8 Å². The van der Waals surface area contributed by atoms with E-state index in [0.29, 0.717) is 5.75 Å². The second-order valence-corrected chi connectivity index (χ2v) is 13.6. The van der Waals surface area contributed by atoms with Crippen molar-refractivity contribution < 1.29 is 48.6 Å². The quantitative estimate of drug-likeness (QED) is 0.0838. The minimum Gasteiger partial charge on any atom is -0.779 e. The summed E-state index contributed by atoms with van der Waals surface area (Å²) in [6, 6.07) is 52.3. The van der Waals surface area contributed by atoms with Crippen LogP contribution in [0.4, 0.5) is 34.1 Å². The van der Waals surface area contributed by atoms with Crippen LogP contribution < -0.4 is 49.0 Å². The van der Waals surface area contributed by atoms with Crippen LogP contribution >= 0.6 is 7.60 Å². The Kier molecular flexibility index (Phi) is 12.2. The van der Waals surface area contributed by atoms with Crippen molar-refractivity contribution in [2.24, 2.45) is 0 Å². The SMILES string of the molecule is Cc1cccc(N(c2ccccc2)c2ccc(-c3ccc(N(c4ccc(OCCCP(=O)([O-])O)cc4)c4cccc(C)c4)cc3)cc2)c1.[Na+]. The van der Waals surface area contributed by atoms with E-state index >= 15 is 0 Å².